The number of aryl methyl sites for hydroxylation is 1. The van der Waals surface area contributed by atoms with Gasteiger partial charge < -0.3 is 15.2 Å². The van der Waals surface area contributed by atoms with E-state index in [9.17, 15) is 18.0 Å². The van der Waals surface area contributed by atoms with E-state index in [0.29, 0.717) is 29.1 Å². The number of carboxylic acid groups (broad SMARTS) is 1. The first-order valence-electron chi connectivity index (χ1n) is 10.1. The van der Waals surface area contributed by atoms with E-state index >= 15 is 0 Å². The van der Waals surface area contributed by atoms with Crippen LogP contribution in [-0.4, -0.2) is 37.8 Å². The fourth-order valence-corrected chi connectivity index (χ4v) is 4.54. The number of amides is 1. The number of carboxylic acids is 1. The monoisotopic (exact) mass is 487 g/mol. The van der Waals surface area contributed by atoms with E-state index in [-0.39, 0.29) is 22.3 Å². The van der Waals surface area contributed by atoms with Crippen LogP contribution < -0.4 is 10.1 Å². The van der Waals surface area contributed by atoms with Crippen molar-refractivity contribution in [2.24, 2.45) is 0 Å². The van der Waals surface area contributed by atoms with Gasteiger partial charge in [-0.15, -0.1) is 0 Å². The highest BCUT2D eigenvalue weighted by atomic mass is 35.5. The predicted octanol–water partition coefficient (Wildman–Crippen LogP) is 4.46. The minimum atomic E-state index is -3.46. The zero-order valence-electron chi connectivity index (χ0n) is 17.5. The van der Waals surface area contributed by atoms with E-state index in [1.165, 1.54) is 24.3 Å². The van der Waals surface area contributed by atoms with Crippen molar-refractivity contribution in [1.29, 1.82) is 0 Å². The number of sulfone groups is 1. The molecule has 3 aromatic carbocycles. The molecule has 0 aromatic heterocycles. The lowest BCUT2D eigenvalue weighted by molar-refractivity contribution is -0.139. The van der Waals surface area contributed by atoms with Gasteiger partial charge in [0.2, 0.25) is 0 Å². The van der Waals surface area contributed by atoms with Gasteiger partial charge in [-0.3, -0.25) is 4.79 Å². The second-order valence-corrected chi connectivity index (χ2v) is 9.76. The topological polar surface area (TPSA) is 110 Å². The molecular weight excluding hydrogens is 466 g/mol. The molecule has 0 spiro atoms. The number of aliphatic carboxylic acids is 1. The van der Waals surface area contributed by atoms with Crippen molar-refractivity contribution >= 4 is 39.0 Å². The third kappa shape index (κ3) is 7.06. The summed E-state index contributed by atoms with van der Waals surface area (Å²) in [5.41, 5.74) is 1.51. The number of hydrogen-bond acceptors (Lipinski definition) is 5. The molecular formula is C24H22ClNO6S. The molecule has 0 saturated carbocycles. The number of rotatable bonds is 10. The molecule has 2 N–H and O–H groups in total. The molecule has 0 radical (unpaired) electrons. The molecule has 0 aliphatic rings. The van der Waals surface area contributed by atoms with Crippen LogP contribution in [0.1, 0.15) is 22.3 Å². The molecule has 0 unspecified atom stereocenters. The fraction of sp³-hybridized carbons (Fsp3) is 0.167. The van der Waals surface area contributed by atoms with Crippen LogP contribution in [0.4, 0.5) is 5.69 Å². The van der Waals surface area contributed by atoms with Gasteiger partial charge in [0, 0.05) is 10.6 Å². The highest BCUT2D eigenvalue weighted by Gasteiger charge is 2.15. The maximum Gasteiger partial charge on any atom is 0.341 e. The molecule has 0 atom stereocenters. The first-order chi connectivity index (χ1) is 15.7. The van der Waals surface area contributed by atoms with Gasteiger partial charge in [0.25, 0.3) is 5.91 Å². The second kappa shape index (κ2) is 11.0. The third-order valence-electron chi connectivity index (χ3n) is 4.73. The molecule has 172 valence electrons. The van der Waals surface area contributed by atoms with Gasteiger partial charge in [0.05, 0.1) is 16.3 Å². The first-order valence-corrected chi connectivity index (χ1v) is 12.1. The Morgan fingerprint density at radius 2 is 1.67 bits per heavy atom. The van der Waals surface area contributed by atoms with Crippen LogP contribution >= 0.6 is 11.6 Å². The fourth-order valence-electron chi connectivity index (χ4n) is 3.11. The molecule has 0 saturated heterocycles. The van der Waals surface area contributed by atoms with Gasteiger partial charge in [-0.1, -0.05) is 35.9 Å². The van der Waals surface area contributed by atoms with Crippen molar-refractivity contribution in [3.63, 3.8) is 0 Å². The molecule has 0 aliphatic heterocycles. The summed E-state index contributed by atoms with van der Waals surface area (Å²) in [6, 6.07) is 19.5. The van der Waals surface area contributed by atoms with E-state index < -0.39 is 22.4 Å². The van der Waals surface area contributed by atoms with Crippen LogP contribution in [-0.2, 0) is 21.1 Å². The number of carbonyl (C=O) groups excluding carboxylic acids is 1. The Morgan fingerprint density at radius 1 is 0.970 bits per heavy atom. The number of anilines is 1. The highest BCUT2D eigenvalue weighted by Crippen LogP contribution is 2.27. The maximum absolute atomic E-state index is 12.6. The second-order valence-electron chi connectivity index (χ2n) is 7.21. The van der Waals surface area contributed by atoms with E-state index in [0.717, 1.165) is 5.56 Å². The minimum absolute atomic E-state index is 0.0579. The zero-order chi connectivity index (χ0) is 23.8. The summed E-state index contributed by atoms with van der Waals surface area (Å²) >= 11 is 5.82. The predicted molar refractivity (Wildman–Crippen MR) is 126 cm³/mol. The third-order valence-corrected chi connectivity index (χ3v) is 6.80. The average Bonchev–Trinajstić information content (AvgIpc) is 2.79. The Morgan fingerprint density at radius 3 is 2.33 bits per heavy atom. The van der Waals surface area contributed by atoms with Crippen LogP contribution in [0.2, 0.25) is 5.02 Å². The van der Waals surface area contributed by atoms with Gasteiger partial charge in [0.15, 0.2) is 16.4 Å². The quantitative estimate of drug-likeness (QED) is 0.437. The Labute approximate surface area is 196 Å². The first kappa shape index (κ1) is 24.3. The summed E-state index contributed by atoms with van der Waals surface area (Å²) in [6.45, 7) is -0.563. The Bertz CT molecular complexity index is 1230. The Kier molecular flexibility index (Phi) is 8.08. The number of nitrogens with one attached hydrogen (secondary N) is 1. The summed E-state index contributed by atoms with van der Waals surface area (Å²) < 4.78 is 30.4. The lowest BCUT2D eigenvalue weighted by Gasteiger charge is -2.14. The Hall–Kier alpha value is -3.36. The van der Waals surface area contributed by atoms with Gasteiger partial charge in [-0.25, -0.2) is 13.2 Å². The smallest absolute Gasteiger partial charge is 0.341 e. The molecule has 7 nitrogen and oxygen atoms in total. The molecule has 3 rings (SSSR count). The molecule has 1 amide bonds. The van der Waals surface area contributed by atoms with Crippen molar-refractivity contribution in [2.45, 2.75) is 17.7 Å². The van der Waals surface area contributed by atoms with Gasteiger partial charge >= 0.3 is 5.97 Å². The molecule has 0 fully saturated rings. The van der Waals surface area contributed by atoms with Gasteiger partial charge in [-0.2, -0.15) is 0 Å². The van der Waals surface area contributed by atoms with E-state index in [4.69, 9.17) is 21.4 Å². The van der Waals surface area contributed by atoms with Crippen LogP contribution in [0.25, 0.3) is 0 Å². The molecule has 0 bridgehead atoms. The van der Waals surface area contributed by atoms with Crippen molar-refractivity contribution in [3.05, 3.63) is 88.9 Å². The number of benzene rings is 3. The highest BCUT2D eigenvalue weighted by molar-refractivity contribution is 7.91. The summed E-state index contributed by atoms with van der Waals surface area (Å²) in [6.07, 6.45) is 0.784. The van der Waals surface area contributed by atoms with E-state index in [2.05, 4.69) is 5.32 Å². The molecule has 33 heavy (non-hydrogen) atoms. The normalized spacial score (nSPS) is 11.1. The van der Waals surface area contributed by atoms with E-state index in [1.807, 2.05) is 0 Å². The van der Waals surface area contributed by atoms with Crippen LogP contribution in [0, 0.1) is 0 Å². The summed E-state index contributed by atoms with van der Waals surface area (Å²) in [5, 5.41) is 12.1. The minimum Gasteiger partial charge on any atom is -0.480 e. The van der Waals surface area contributed by atoms with Gasteiger partial charge in [0.1, 0.15) is 5.75 Å². The molecule has 0 aliphatic carbocycles. The lowest BCUT2D eigenvalue weighted by atomic mass is 10.1. The SMILES string of the molecule is O=C(O)COc1ccc(CCCS(=O)(=O)c2ccc(Cl)cc2)cc1NC(=O)c1ccccc1. The number of halogens is 1. The number of hydrogen-bond donors (Lipinski definition) is 2. The average molecular weight is 488 g/mol. The van der Waals surface area contributed by atoms with Crippen molar-refractivity contribution in [2.75, 3.05) is 17.7 Å². The maximum atomic E-state index is 12.6. The summed E-state index contributed by atoms with van der Waals surface area (Å²) in [4.78, 5) is 23.7. The van der Waals surface area contributed by atoms with Crippen molar-refractivity contribution in [1.82, 2.24) is 0 Å². The van der Waals surface area contributed by atoms with Gasteiger partial charge in [-0.05, 0) is 66.9 Å². The Balaban J connectivity index is 1.72. The summed E-state index contributed by atoms with van der Waals surface area (Å²) in [5.74, 6) is -1.37. The number of ether oxygens (including phenoxy) is 1. The molecule has 3 aromatic rings. The largest absolute Gasteiger partial charge is 0.480 e. The van der Waals surface area contributed by atoms with Crippen LogP contribution in [0.5, 0.6) is 5.75 Å². The van der Waals surface area contributed by atoms with E-state index in [1.54, 1.807) is 48.5 Å². The standard InChI is InChI=1S/C24H22ClNO6S/c25-19-9-11-20(12-10-19)33(30,31)14-4-5-17-8-13-22(32-16-23(27)28)21(15-17)26-24(29)18-6-2-1-3-7-18/h1-3,6-13,15H,4-5,14,16H2,(H,26,29)(H,27,28). The van der Waals surface area contributed by atoms with Crippen LogP contribution in [0.3, 0.4) is 0 Å². The lowest BCUT2D eigenvalue weighted by Crippen LogP contribution is -2.15. The van der Waals surface area contributed by atoms with Crippen molar-refractivity contribution < 1.29 is 27.9 Å². The number of carbonyl (C=O) groups is 2. The zero-order valence-corrected chi connectivity index (χ0v) is 19.1. The molecule has 9 heteroatoms. The van der Waals surface area contributed by atoms with Crippen molar-refractivity contribution in [3.8, 4) is 5.75 Å². The molecule has 0 heterocycles. The van der Waals surface area contributed by atoms with Crippen LogP contribution in [0.15, 0.2) is 77.7 Å². The summed E-state index contributed by atoms with van der Waals surface area (Å²) in [7, 11) is -3.46.